The Balaban J connectivity index is 1.11. The van der Waals surface area contributed by atoms with Crippen LogP contribution in [0.2, 0.25) is 0 Å². The van der Waals surface area contributed by atoms with Crippen LogP contribution in [0.1, 0.15) is 17.3 Å². The van der Waals surface area contributed by atoms with Crippen LogP contribution in [0.3, 0.4) is 0 Å². The predicted molar refractivity (Wildman–Crippen MR) is 217 cm³/mol. The fourth-order valence-electron chi connectivity index (χ4n) is 7.86. The van der Waals surface area contributed by atoms with Gasteiger partial charge in [-0.25, -0.2) is 0 Å². The van der Waals surface area contributed by atoms with E-state index in [1.807, 2.05) is 6.07 Å². The van der Waals surface area contributed by atoms with Crippen molar-refractivity contribution >= 4 is 70.6 Å². The maximum absolute atomic E-state index is 6.61. The van der Waals surface area contributed by atoms with Gasteiger partial charge in [0.1, 0.15) is 17.3 Å². The van der Waals surface area contributed by atoms with Gasteiger partial charge in [-0.05, 0) is 85.8 Å². The molecule has 1 atom stereocenters. The topological polar surface area (TPSA) is 37.5 Å². The molecular formula is C48H30N2OS. The predicted octanol–water partition coefficient (Wildman–Crippen LogP) is 11.5. The molecule has 52 heavy (non-hydrogen) atoms. The zero-order valence-electron chi connectivity index (χ0n) is 28.0. The Morgan fingerprint density at radius 2 is 1.12 bits per heavy atom. The summed E-state index contributed by atoms with van der Waals surface area (Å²) in [5.74, 6) is 0. The summed E-state index contributed by atoms with van der Waals surface area (Å²) < 4.78 is 8.98. The van der Waals surface area contributed by atoms with Gasteiger partial charge in [-0.2, -0.15) is 0 Å². The van der Waals surface area contributed by atoms with Crippen molar-refractivity contribution in [1.29, 1.82) is 0 Å². The molecule has 0 aliphatic carbocycles. The number of para-hydroxylation sites is 1. The Kier molecular flexibility index (Phi) is 6.48. The number of nitrogens with zero attached hydrogens (tertiary/aromatic N) is 1. The molecule has 10 aromatic rings. The van der Waals surface area contributed by atoms with Crippen molar-refractivity contribution in [2.24, 2.45) is 4.99 Å². The fraction of sp³-hybridized carbons (Fsp3) is 0.0208. The van der Waals surface area contributed by atoms with Crippen LogP contribution in [0.15, 0.2) is 179 Å². The maximum Gasteiger partial charge on any atom is 0.145 e. The minimum absolute atomic E-state index is 0.274. The number of benzene rings is 8. The molecule has 4 heteroatoms. The average molecular weight is 683 g/mol. The summed E-state index contributed by atoms with van der Waals surface area (Å²) in [7, 11) is 0. The number of thiophene rings is 1. The molecular weight excluding hydrogens is 653 g/mol. The summed E-state index contributed by atoms with van der Waals surface area (Å²) in [4.78, 5) is 5.42. The third-order valence-corrected chi connectivity index (χ3v) is 11.7. The van der Waals surface area contributed by atoms with Crippen LogP contribution in [-0.4, -0.2) is 0 Å². The lowest BCUT2D eigenvalue weighted by molar-refractivity contribution is 0.639. The van der Waals surface area contributed by atoms with Crippen LogP contribution in [-0.2, 0) is 0 Å². The van der Waals surface area contributed by atoms with Crippen molar-refractivity contribution in [1.82, 2.24) is 5.32 Å². The molecule has 2 aromatic heterocycles. The molecule has 8 aromatic carbocycles. The summed E-state index contributed by atoms with van der Waals surface area (Å²) in [5.41, 5.74) is 9.72. The summed E-state index contributed by atoms with van der Waals surface area (Å²) in [6.07, 6.45) is -0.274. The molecule has 0 bridgehead atoms. The summed E-state index contributed by atoms with van der Waals surface area (Å²) >= 11 is 1.80. The SMILES string of the molecule is c1ccc2cc(-c3ccc(C4N=c5c(sc6ccccc56)=C(c5cc(-c6ccc7ccccc7c6)cc6oc7ccccc7c56)N4)cc3)ccc2c1. The fourth-order valence-corrected chi connectivity index (χ4v) is 9.04. The van der Waals surface area contributed by atoms with Crippen molar-refractivity contribution in [2.45, 2.75) is 6.17 Å². The number of hydrogen-bond acceptors (Lipinski definition) is 4. The van der Waals surface area contributed by atoms with E-state index in [1.54, 1.807) is 11.3 Å². The molecule has 0 radical (unpaired) electrons. The molecule has 0 saturated carbocycles. The quantitative estimate of drug-likeness (QED) is 0.201. The molecule has 244 valence electrons. The van der Waals surface area contributed by atoms with Crippen LogP contribution in [0.25, 0.3) is 81.5 Å². The van der Waals surface area contributed by atoms with E-state index >= 15 is 0 Å². The van der Waals surface area contributed by atoms with Gasteiger partial charge in [0.05, 0.1) is 15.6 Å². The van der Waals surface area contributed by atoms with E-state index in [2.05, 4.69) is 169 Å². The Bertz CT molecular complexity index is 3170. The first-order valence-corrected chi connectivity index (χ1v) is 18.5. The second-order valence-corrected chi connectivity index (χ2v) is 14.6. The summed E-state index contributed by atoms with van der Waals surface area (Å²) in [5, 5.41) is 13.3. The number of rotatable bonds is 4. The van der Waals surface area contributed by atoms with Crippen LogP contribution in [0, 0.1) is 0 Å². The normalized spacial score (nSPS) is 14.2. The molecule has 0 fully saturated rings. The van der Waals surface area contributed by atoms with E-state index in [9.17, 15) is 0 Å². The molecule has 1 unspecified atom stereocenters. The van der Waals surface area contributed by atoms with Crippen molar-refractivity contribution in [3.8, 4) is 22.3 Å². The first kappa shape index (κ1) is 29.3. The van der Waals surface area contributed by atoms with E-state index in [0.29, 0.717) is 0 Å². The average Bonchev–Trinajstić information content (AvgIpc) is 3.78. The lowest BCUT2D eigenvalue weighted by Gasteiger charge is -2.23. The Morgan fingerprint density at radius 3 is 1.87 bits per heavy atom. The Morgan fingerprint density at radius 1 is 0.500 bits per heavy atom. The zero-order chi connectivity index (χ0) is 34.2. The molecule has 11 rings (SSSR count). The van der Waals surface area contributed by atoms with E-state index in [1.165, 1.54) is 42.8 Å². The molecule has 0 amide bonds. The third kappa shape index (κ3) is 4.69. The second kappa shape index (κ2) is 11.5. The van der Waals surface area contributed by atoms with Gasteiger partial charge in [0.15, 0.2) is 0 Å². The molecule has 0 saturated heterocycles. The van der Waals surface area contributed by atoms with Gasteiger partial charge in [0.2, 0.25) is 0 Å². The second-order valence-electron chi connectivity index (χ2n) is 13.6. The molecule has 0 spiro atoms. The monoisotopic (exact) mass is 682 g/mol. The minimum Gasteiger partial charge on any atom is -0.456 e. The summed E-state index contributed by atoms with van der Waals surface area (Å²) in [6.45, 7) is 0. The van der Waals surface area contributed by atoms with Gasteiger partial charge in [-0.15, -0.1) is 11.3 Å². The lowest BCUT2D eigenvalue weighted by atomic mass is 9.95. The first-order valence-electron chi connectivity index (χ1n) is 17.6. The van der Waals surface area contributed by atoms with Gasteiger partial charge >= 0.3 is 0 Å². The van der Waals surface area contributed by atoms with Crippen LogP contribution in [0.4, 0.5) is 0 Å². The van der Waals surface area contributed by atoms with Gasteiger partial charge in [-0.3, -0.25) is 4.99 Å². The lowest BCUT2D eigenvalue weighted by Crippen LogP contribution is -2.37. The standard InChI is InChI=1S/C48H30N2OS/c1-3-11-33-25-35(23-19-29(33)9-1)31-17-21-32(22-18-31)48-49-45-39-14-6-8-16-43(39)52-47(45)46(50-48)40-27-37(36-24-20-30-10-2-4-12-34(30)26-36)28-42-44(40)38-13-5-7-15-41(38)51-42/h1-28,48,50H. The van der Waals surface area contributed by atoms with Crippen LogP contribution in [0.5, 0.6) is 0 Å². The number of hydrogen-bond donors (Lipinski definition) is 1. The highest BCUT2D eigenvalue weighted by molar-refractivity contribution is 7.17. The van der Waals surface area contributed by atoms with E-state index in [-0.39, 0.29) is 6.17 Å². The van der Waals surface area contributed by atoms with Crippen LogP contribution < -0.4 is 15.2 Å². The highest BCUT2D eigenvalue weighted by Gasteiger charge is 2.24. The van der Waals surface area contributed by atoms with E-state index < -0.39 is 0 Å². The maximum atomic E-state index is 6.61. The Hall–Kier alpha value is -6.49. The van der Waals surface area contributed by atoms with E-state index in [0.717, 1.165) is 59.8 Å². The molecule has 3 heterocycles. The smallest absolute Gasteiger partial charge is 0.145 e. The molecule has 1 aliphatic heterocycles. The minimum atomic E-state index is -0.274. The van der Waals surface area contributed by atoms with Gasteiger partial charge in [0.25, 0.3) is 0 Å². The van der Waals surface area contributed by atoms with Crippen molar-refractivity contribution < 1.29 is 4.42 Å². The van der Waals surface area contributed by atoms with Crippen molar-refractivity contribution in [3.63, 3.8) is 0 Å². The zero-order valence-corrected chi connectivity index (χ0v) is 28.8. The highest BCUT2D eigenvalue weighted by atomic mass is 32.1. The van der Waals surface area contributed by atoms with Crippen molar-refractivity contribution in [3.05, 3.63) is 191 Å². The first-order chi connectivity index (χ1) is 25.7. The largest absolute Gasteiger partial charge is 0.456 e. The number of nitrogens with one attached hydrogen (secondary N) is 1. The number of fused-ring (bicyclic) bond motifs is 8. The summed E-state index contributed by atoms with van der Waals surface area (Å²) in [6, 6.07) is 60.9. The van der Waals surface area contributed by atoms with Gasteiger partial charge in [-0.1, -0.05) is 133 Å². The van der Waals surface area contributed by atoms with Gasteiger partial charge < -0.3 is 9.73 Å². The highest BCUT2D eigenvalue weighted by Crippen LogP contribution is 2.39. The van der Waals surface area contributed by atoms with E-state index in [4.69, 9.17) is 9.41 Å². The number of furan rings is 1. The third-order valence-electron chi connectivity index (χ3n) is 10.5. The molecule has 3 nitrogen and oxygen atoms in total. The van der Waals surface area contributed by atoms with Gasteiger partial charge in [0, 0.05) is 26.4 Å². The molecule has 1 N–H and O–H groups in total. The van der Waals surface area contributed by atoms with Crippen LogP contribution >= 0.6 is 11.3 Å². The molecule has 1 aliphatic rings. The van der Waals surface area contributed by atoms with Crippen molar-refractivity contribution in [2.75, 3.05) is 0 Å². The Labute approximate surface area is 303 Å².